The third-order valence-electron chi connectivity index (χ3n) is 2.76. The minimum absolute atomic E-state index is 0.101. The second-order valence-corrected chi connectivity index (χ2v) is 4.81. The number of hydrogen-bond donors (Lipinski definition) is 1. The van der Waals surface area contributed by atoms with Crippen molar-refractivity contribution in [1.29, 1.82) is 0 Å². The van der Waals surface area contributed by atoms with E-state index in [-0.39, 0.29) is 5.91 Å². The Morgan fingerprint density at radius 3 is 2.75 bits per heavy atom. The molecule has 20 heavy (non-hydrogen) atoms. The van der Waals surface area contributed by atoms with Gasteiger partial charge in [-0.05, 0) is 31.2 Å². The van der Waals surface area contributed by atoms with Gasteiger partial charge < -0.3 is 10.1 Å². The molecular weight excluding hydrogens is 274 g/mol. The number of halogens is 1. The van der Waals surface area contributed by atoms with Crippen LogP contribution in [0.4, 0.5) is 0 Å². The molecule has 0 aromatic heterocycles. The molecule has 0 unspecified atom stereocenters. The van der Waals surface area contributed by atoms with Crippen LogP contribution in [0.5, 0.6) is 5.75 Å². The molecule has 3 nitrogen and oxygen atoms in total. The van der Waals surface area contributed by atoms with E-state index in [0.717, 1.165) is 5.56 Å². The summed E-state index contributed by atoms with van der Waals surface area (Å²) >= 11 is 5.97. The van der Waals surface area contributed by atoms with Crippen LogP contribution in [0, 0.1) is 6.92 Å². The van der Waals surface area contributed by atoms with Crippen LogP contribution in [-0.4, -0.2) is 19.1 Å². The van der Waals surface area contributed by atoms with Crippen LogP contribution in [-0.2, 0) is 0 Å². The zero-order chi connectivity index (χ0) is 14.4. The number of nitrogens with one attached hydrogen (secondary N) is 1. The van der Waals surface area contributed by atoms with Crippen LogP contribution in [0.15, 0.2) is 48.5 Å². The number of aryl methyl sites for hydroxylation is 1. The summed E-state index contributed by atoms with van der Waals surface area (Å²) in [5.74, 6) is 0.524. The highest BCUT2D eigenvalue weighted by atomic mass is 35.5. The van der Waals surface area contributed by atoms with Gasteiger partial charge in [-0.2, -0.15) is 0 Å². The molecule has 0 radical (unpaired) electrons. The van der Waals surface area contributed by atoms with Gasteiger partial charge in [-0.25, -0.2) is 0 Å². The molecule has 2 aromatic rings. The van der Waals surface area contributed by atoms with Crippen molar-refractivity contribution in [1.82, 2.24) is 5.32 Å². The molecule has 1 N–H and O–H groups in total. The van der Waals surface area contributed by atoms with Crippen molar-refractivity contribution in [2.75, 3.05) is 13.2 Å². The van der Waals surface area contributed by atoms with E-state index in [2.05, 4.69) is 5.32 Å². The van der Waals surface area contributed by atoms with Gasteiger partial charge in [0.2, 0.25) is 0 Å². The SMILES string of the molecule is Cc1cccc(C(=O)NCCOc2ccccc2Cl)c1. The van der Waals surface area contributed by atoms with Gasteiger partial charge >= 0.3 is 0 Å². The average molecular weight is 290 g/mol. The molecule has 0 heterocycles. The predicted molar refractivity (Wildman–Crippen MR) is 80.5 cm³/mol. The highest BCUT2D eigenvalue weighted by Crippen LogP contribution is 2.22. The maximum atomic E-state index is 11.9. The number of benzene rings is 2. The fourth-order valence-electron chi connectivity index (χ4n) is 1.78. The lowest BCUT2D eigenvalue weighted by Crippen LogP contribution is -2.28. The normalized spacial score (nSPS) is 10.1. The summed E-state index contributed by atoms with van der Waals surface area (Å²) in [6.07, 6.45) is 0. The Bertz CT molecular complexity index is 599. The zero-order valence-electron chi connectivity index (χ0n) is 11.2. The molecule has 2 aromatic carbocycles. The maximum absolute atomic E-state index is 11.9. The largest absolute Gasteiger partial charge is 0.490 e. The lowest BCUT2D eigenvalue weighted by atomic mass is 10.1. The third kappa shape index (κ3) is 4.00. The van der Waals surface area contributed by atoms with Crippen LogP contribution in [0.2, 0.25) is 5.02 Å². The molecular formula is C16H16ClNO2. The summed E-state index contributed by atoms with van der Waals surface area (Å²) in [5, 5.41) is 3.38. The number of ether oxygens (including phenoxy) is 1. The fourth-order valence-corrected chi connectivity index (χ4v) is 1.97. The Labute approximate surface area is 123 Å². The van der Waals surface area contributed by atoms with Crippen molar-refractivity contribution in [2.24, 2.45) is 0 Å². The highest BCUT2D eigenvalue weighted by Gasteiger charge is 2.05. The Balaban J connectivity index is 1.79. The molecule has 0 fully saturated rings. The van der Waals surface area contributed by atoms with E-state index in [1.807, 2.05) is 37.3 Å². The third-order valence-corrected chi connectivity index (χ3v) is 3.07. The smallest absolute Gasteiger partial charge is 0.251 e. The molecule has 1 amide bonds. The summed E-state index contributed by atoms with van der Waals surface area (Å²) in [6, 6.07) is 14.7. The monoisotopic (exact) mass is 289 g/mol. The average Bonchev–Trinajstić information content (AvgIpc) is 2.45. The molecule has 0 spiro atoms. The quantitative estimate of drug-likeness (QED) is 0.856. The number of carbonyl (C=O) groups excluding carboxylic acids is 1. The molecule has 0 bridgehead atoms. The summed E-state index contributed by atoms with van der Waals surface area (Å²) in [4.78, 5) is 11.9. The van der Waals surface area contributed by atoms with Gasteiger partial charge in [0.1, 0.15) is 12.4 Å². The topological polar surface area (TPSA) is 38.3 Å². The van der Waals surface area contributed by atoms with E-state index < -0.39 is 0 Å². The number of amides is 1. The molecule has 2 rings (SSSR count). The Kier molecular flexibility index (Phi) is 5.02. The second-order valence-electron chi connectivity index (χ2n) is 4.40. The lowest BCUT2D eigenvalue weighted by Gasteiger charge is -2.09. The van der Waals surface area contributed by atoms with Crippen molar-refractivity contribution in [2.45, 2.75) is 6.92 Å². The van der Waals surface area contributed by atoms with Crippen LogP contribution < -0.4 is 10.1 Å². The fraction of sp³-hybridized carbons (Fsp3) is 0.188. The van der Waals surface area contributed by atoms with Crippen LogP contribution in [0.25, 0.3) is 0 Å². The highest BCUT2D eigenvalue weighted by molar-refractivity contribution is 6.32. The molecule has 0 aliphatic heterocycles. The molecule has 0 saturated carbocycles. The van der Waals surface area contributed by atoms with Crippen molar-refractivity contribution in [3.8, 4) is 5.75 Å². The van der Waals surface area contributed by atoms with Gasteiger partial charge in [0.25, 0.3) is 5.91 Å². The molecule has 0 aliphatic rings. The summed E-state index contributed by atoms with van der Waals surface area (Å²) < 4.78 is 5.50. The second kappa shape index (κ2) is 6.96. The van der Waals surface area contributed by atoms with Gasteiger partial charge in [-0.1, -0.05) is 41.4 Å². The van der Waals surface area contributed by atoms with E-state index in [1.54, 1.807) is 18.2 Å². The number of rotatable bonds is 5. The zero-order valence-corrected chi connectivity index (χ0v) is 12.0. The minimum atomic E-state index is -0.101. The molecule has 0 aliphatic carbocycles. The van der Waals surface area contributed by atoms with Gasteiger partial charge in [0, 0.05) is 5.56 Å². The van der Waals surface area contributed by atoms with Crippen LogP contribution >= 0.6 is 11.6 Å². The number of para-hydroxylation sites is 1. The molecule has 0 atom stereocenters. The Hall–Kier alpha value is -2.00. The number of carbonyl (C=O) groups is 1. The van der Waals surface area contributed by atoms with E-state index >= 15 is 0 Å². The first-order valence-electron chi connectivity index (χ1n) is 6.39. The standard InChI is InChI=1S/C16H16ClNO2/c1-12-5-4-6-13(11-12)16(19)18-9-10-20-15-8-3-2-7-14(15)17/h2-8,11H,9-10H2,1H3,(H,18,19). The van der Waals surface area contributed by atoms with E-state index in [1.165, 1.54) is 0 Å². The van der Waals surface area contributed by atoms with E-state index in [9.17, 15) is 4.79 Å². The Morgan fingerprint density at radius 2 is 2.00 bits per heavy atom. The first-order valence-corrected chi connectivity index (χ1v) is 6.77. The van der Waals surface area contributed by atoms with Gasteiger partial charge in [0.15, 0.2) is 0 Å². The minimum Gasteiger partial charge on any atom is -0.490 e. The van der Waals surface area contributed by atoms with Crippen LogP contribution in [0.3, 0.4) is 0 Å². The summed E-state index contributed by atoms with van der Waals surface area (Å²) in [6.45, 7) is 2.76. The molecule has 104 valence electrons. The Morgan fingerprint density at radius 1 is 1.20 bits per heavy atom. The van der Waals surface area contributed by atoms with Crippen molar-refractivity contribution in [3.63, 3.8) is 0 Å². The first-order chi connectivity index (χ1) is 9.66. The van der Waals surface area contributed by atoms with Crippen LogP contribution in [0.1, 0.15) is 15.9 Å². The summed E-state index contributed by atoms with van der Waals surface area (Å²) in [5.41, 5.74) is 1.72. The van der Waals surface area contributed by atoms with Gasteiger partial charge in [0.05, 0.1) is 11.6 Å². The molecule has 0 saturated heterocycles. The van der Waals surface area contributed by atoms with Crippen molar-refractivity contribution >= 4 is 17.5 Å². The predicted octanol–water partition coefficient (Wildman–Crippen LogP) is 3.46. The van der Waals surface area contributed by atoms with E-state index in [4.69, 9.17) is 16.3 Å². The van der Waals surface area contributed by atoms with Crippen molar-refractivity contribution in [3.05, 3.63) is 64.7 Å². The number of hydrogen-bond acceptors (Lipinski definition) is 2. The van der Waals surface area contributed by atoms with E-state index in [0.29, 0.717) is 29.5 Å². The molecule has 4 heteroatoms. The van der Waals surface area contributed by atoms with Crippen molar-refractivity contribution < 1.29 is 9.53 Å². The van der Waals surface area contributed by atoms with Gasteiger partial charge in [-0.3, -0.25) is 4.79 Å². The van der Waals surface area contributed by atoms with Gasteiger partial charge in [-0.15, -0.1) is 0 Å². The maximum Gasteiger partial charge on any atom is 0.251 e. The first kappa shape index (κ1) is 14.4. The summed E-state index contributed by atoms with van der Waals surface area (Å²) in [7, 11) is 0. The lowest BCUT2D eigenvalue weighted by molar-refractivity contribution is 0.0947.